The third kappa shape index (κ3) is 5.04. The van der Waals surface area contributed by atoms with Gasteiger partial charge in [0.2, 0.25) is 5.91 Å². The lowest BCUT2D eigenvalue weighted by molar-refractivity contribution is -0.121. The minimum Gasteiger partial charge on any atom is -0.441 e. The van der Waals surface area contributed by atoms with E-state index in [0.717, 1.165) is 11.1 Å². The maximum Gasteiger partial charge on any atom is 0.220 e. The maximum atomic E-state index is 12.2. The second-order valence-electron chi connectivity index (χ2n) is 6.06. The van der Waals surface area contributed by atoms with Gasteiger partial charge < -0.3 is 9.73 Å². The molecule has 1 unspecified atom stereocenters. The Kier molecular flexibility index (Phi) is 6.42. The van der Waals surface area contributed by atoms with Gasteiger partial charge in [0.15, 0.2) is 11.7 Å². The number of carbonyl (C=O) groups is 1. The van der Waals surface area contributed by atoms with Crippen LogP contribution in [0.5, 0.6) is 0 Å². The molecule has 0 radical (unpaired) electrons. The van der Waals surface area contributed by atoms with Gasteiger partial charge in [-0.05, 0) is 36.8 Å². The van der Waals surface area contributed by atoms with E-state index in [0.29, 0.717) is 33.1 Å². The molecule has 0 fully saturated rings. The van der Waals surface area contributed by atoms with Crippen molar-refractivity contribution in [2.24, 2.45) is 0 Å². The summed E-state index contributed by atoms with van der Waals surface area (Å²) < 4.78 is 5.71. The van der Waals surface area contributed by atoms with Crippen LogP contribution in [0.1, 0.15) is 30.8 Å². The van der Waals surface area contributed by atoms with Crippen molar-refractivity contribution in [3.8, 4) is 11.3 Å². The van der Waals surface area contributed by atoms with Gasteiger partial charge in [0.1, 0.15) is 0 Å². The Morgan fingerprint density at radius 2 is 1.89 bits per heavy atom. The maximum absolute atomic E-state index is 12.2. The van der Waals surface area contributed by atoms with Gasteiger partial charge in [0.05, 0.1) is 27.3 Å². The number of hydrogen-bond donors (Lipinski definition) is 1. The first-order valence-corrected chi connectivity index (χ1v) is 9.51. The Hall–Kier alpha value is -2.01. The van der Waals surface area contributed by atoms with Crippen molar-refractivity contribution < 1.29 is 9.21 Å². The minimum absolute atomic E-state index is 0.105. The molecule has 0 aliphatic rings. The molecule has 1 aromatic heterocycles. The van der Waals surface area contributed by atoms with Crippen molar-refractivity contribution >= 4 is 40.7 Å². The molecule has 0 spiro atoms. The first-order valence-electron chi connectivity index (χ1n) is 8.38. The second kappa shape index (κ2) is 8.79. The van der Waals surface area contributed by atoms with Crippen LogP contribution in [-0.4, -0.2) is 10.9 Å². The molecule has 0 aliphatic heterocycles. The van der Waals surface area contributed by atoms with E-state index in [1.807, 2.05) is 31.2 Å². The molecule has 7 heteroatoms. The Labute approximate surface area is 172 Å². The molecular weight excluding hydrogens is 407 g/mol. The number of aryl methyl sites for hydroxylation is 1. The van der Waals surface area contributed by atoms with Gasteiger partial charge in [-0.3, -0.25) is 4.79 Å². The third-order valence-electron chi connectivity index (χ3n) is 4.08. The molecule has 3 aromatic rings. The van der Waals surface area contributed by atoms with E-state index >= 15 is 0 Å². The van der Waals surface area contributed by atoms with Crippen LogP contribution in [0.25, 0.3) is 11.3 Å². The number of nitrogens with zero attached hydrogens (tertiary/aromatic N) is 1. The van der Waals surface area contributed by atoms with Crippen molar-refractivity contribution in [1.29, 1.82) is 0 Å². The van der Waals surface area contributed by atoms with E-state index in [1.54, 1.807) is 24.4 Å². The number of benzene rings is 2. The van der Waals surface area contributed by atoms with Crippen molar-refractivity contribution in [2.45, 2.75) is 25.8 Å². The van der Waals surface area contributed by atoms with Gasteiger partial charge in [-0.1, -0.05) is 53.0 Å². The second-order valence-corrected chi connectivity index (χ2v) is 7.28. The number of hydrogen-bond acceptors (Lipinski definition) is 3. The van der Waals surface area contributed by atoms with Crippen molar-refractivity contribution in [3.63, 3.8) is 0 Å². The lowest BCUT2D eigenvalue weighted by Gasteiger charge is -2.14. The molecule has 4 nitrogen and oxygen atoms in total. The third-order valence-corrected chi connectivity index (χ3v) is 5.15. The largest absolute Gasteiger partial charge is 0.441 e. The molecule has 0 saturated heterocycles. The number of rotatable bonds is 6. The van der Waals surface area contributed by atoms with Crippen LogP contribution in [0.4, 0.5) is 0 Å². The molecule has 1 heterocycles. The Balaban J connectivity index is 1.56. The molecule has 1 amide bonds. The number of nitrogens with one attached hydrogen (secondary N) is 1. The molecule has 0 saturated carbocycles. The summed E-state index contributed by atoms with van der Waals surface area (Å²) >= 11 is 18.1. The molecular formula is C20H17Cl3N2O2. The molecule has 0 bridgehead atoms. The van der Waals surface area contributed by atoms with E-state index in [-0.39, 0.29) is 18.4 Å². The Morgan fingerprint density at radius 3 is 2.63 bits per heavy atom. The number of amides is 1. The first kappa shape index (κ1) is 19.7. The monoisotopic (exact) mass is 422 g/mol. The van der Waals surface area contributed by atoms with Crippen LogP contribution >= 0.6 is 34.8 Å². The lowest BCUT2D eigenvalue weighted by atomic mass is 10.1. The quantitative estimate of drug-likeness (QED) is 0.520. The van der Waals surface area contributed by atoms with Crippen LogP contribution < -0.4 is 5.32 Å². The SMILES string of the molecule is CC(NC(=O)CCc1ncc(-c2ccccc2Cl)o1)c1ccc(Cl)c(Cl)c1. The highest BCUT2D eigenvalue weighted by Crippen LogP contribution is 2.28. The molecule has 1 N–H and O–H groups in total. The van der Waals surface area contributed by atoms with Gasteiger partial charge in [0, 0.05) is 18.4 Å². The molecule has 0 aliphatic carbocycles. The van der Waals surface area contributed by atoms with E-state index in [9.17, 15) is 4.79 Å². The zero-order valence-corrected chi connectivity index (χ0v) is 16.8. The minimum atomic E-state index is -0.185. The summed E-state index contributed by atoms with van der Waals surface area (Å²) in [5.74, 6) is 0.966. The predicted octanol–water partition coefficient (Wildman–Crippen LogP) is 6.11. The normalized spacial score (nSPS) is 12.0. The summed E-state index contributed by atoms with van der Waals surface area (Å²) in [6.45, 7) is 1.89. The number of halogens is 3. The molecule has 140 valence electrons. The van der Waals surface area contributed by atoms with Gasteiger partial charge in [-0.25, -0.2) is 4.98 Å². The highest BCUT2D eigenvalue weighted by molar-refractivity contribution is 6.42. The van der Waals surface area contributed by atoms with Crippen LogP contribution in [0.3, 0.4) is 0 Å². The topological polar surface area (TPSA) is 55.1 Å². The fourth-order valence-corrected chi connectivity index (χ4v) is 3.15. The van der Waals surface area contributed by atoms with Crippen LogP contribution in [-0.2, 0) is 11.2 Å². The van der Waals surface area contributed by atoms with E-state index in [4.69, 9.17) is 39.2 Å². The summed E-state index contributed by atoms with van der Waals surface area (Å²) in [6.07, 6.45) is 2.27. The highest BCUT2D eigenvalue weighted by Gasteiger charge is 2.14. The standard InChI is InChI=1S/C20H17Cl3N2O2/c1-12(13-6-7-16(22)17(23)10-13)25-19(26)8-9-20-24-11-18(27-20)14-4-2-3-5-15(14)21/h2-7,10-12H,8-9H2,1H3,(H,25,26). The lowest BCUT2D eigenvalue weighted by Crippen LogP contribution is -2.26. The van der Waals surface area contributed by atoms with Gasteiger partial charge in [-0.2, -0.15) is 0 Å². The highest BCUT2D eigenvalue weighted by atomic mass is 35.5. The Morgan fingerprint density at radius 1 is 1.11 bits per heavy atom. The zero-order chi connectivity index (χ0) is 19.4. The average molecular weight is 424 g/mol. The number of aromatic nitrogens is 1. The summed E-state index contributed by atoms with van der Waals surface area (Å²) in [7, 11) is 0. The van der Waals surface area contributed by atoms with Gasteiger partial charge in [0.25, 0.3) is 0 Å². The molecule has 2 aromatic carbocycles. The molecule has 27 heavy (non-hydrogen) atoms. The number of oxazole rings is 1. The molecule has 3 rings (SSSR count). The molecule has 1 atom stereocenters. The average Bonchev–Trinajstić information content (AvgIpc) is 3.11. The van der Waals surface area contributed by atoms with Crippen LogP contribution in [0.2, 0.25) is 15.1 Å². The van der Waals surface area contributed by atoms with E-state index in [2.05, 4.69) is 10.3 Å². The first-order chi connectivity index (χ1) is 12.9. The van der Waals surface area contributed by atoms with Crippen LogP contribution in [0.15, 0.2) is 53.1 Å². The fourth-order valence-electron chi connectivity index (χ4n) is 2.61. The summed E-state index contributed by atoms with van der Waals surface area (Å²) in [4.78, 5) is 16.4. The number of carbonyl (C=O) groups excluding carboxylic acids is 1. The van der Waals surface area contributed by atoms with Gasteiger partial charge >= 0.3 is 0 Å². The van der Waals surface area contributed by atoms with Crippen LogP contribution in [0, 0.1) is 0 Å². The Bertz CT molecular complexity index is 956. The predicted molar refractivity (Wildman–Crippen MR) is 108 cm³/mol. The fraction of sp³-hybridized carbons (Fsp3) is 0.200. The summed E-state index contributed by atoms with van der Waals surface area (Å²) in [5.41, 5.74) is 1.66. The summed E-state index contributed by atoms with van der Waals surface area (Å²) in [6, 6.07) is 12.5. The zero-order valence-electron chi connectivity index (χ0n) is 14.5. The van der Waals surface area contributed by atoms with Gasteiger partial charge in [-0.15, -0.1) is 0 Å². The van der Waals surface area contributed by atoms with Crippen molar-refractivity contribution in [3.05, 3.63) is 75.2 Å². The smallest absolute Gasteiger partial charge is 0.220 e. The van der Waals surface area contributed by atoms with E-state index in [1.165, 1.54) is 0 Å². The van der Waals surface area contributed by atoms with Crippen molar-refractivity contribution in [2.75, 3.05) is 0 Å². The summed E-state index contributed by atoms with van der Waals surface area (Å²) in [5, 5.41) is 4.46. The van der Waals surface area contributed by atoms with Crippen molar-refractivity contribution in [1.82, 2.24) is 10.3 Å². The van der Waals surface area contributed by atoms with E-state index < -0.39 is 0 Å².